The number of nitrogens with zero attached hydrogens (tertiary/aromatic N) is 5. The average Bonchev–Trinajstić information content (AvgIpc) is 3.58. The van der Waals surface area contributed by atoms with Gasteiger partial charge < -0.3 is 30.2 Å². The number of ketones is 2. The summed E-state index contributed by atoms with van der Waals surface area (Å²) in [6.07, 6.45) is -6.67. The molecule has 324 valence electrons. The minimum Gasteiger partial charge on any atom is -0.467 e. The first-order valence-corrected chi connectivity index (χ1v) is 18.1. The highest BCUT2D eigenvalue weighted by Gasteiger charge is 2.54. The van der Waals surface area contributed by atoms with Crippen molar-refractivity contribution in [3.05, 3.63) is 82.7 Å². The van der Waals surface area contributed by atoms with E-state index in [2.05, 4.69) is 67.1 Å². The summed E-state index contributed by atoms with van der Waals surface area (Å²) in [5.41, 5.74) is 6.22. The third-order valence-electron chi connectivity index (χ3n) is 8.81. The average molecular weight is 879 g/mol. The number of aryl methyl sites for hydroxylation is 3. The molecule has 2 amide bonds. The number of furan rings is 1. The zero-order valence-electron chi connectivity index (χ0n) is 31.6. The number of piperidine rings is 1. The van der Waals surface area contributed by atoms with Gasteiger partial charge in [-0.25, -0.2) is 9.78 Å². The topological polar surface area (TPSA) is 163 Å². The fourth-order valence-electron chi connectivity index (χ4n) is 5.92. The number of rotatable bonds is 6. The number of hydrogen-bond donors (Lipinski definition) is 3. The monoisotopic (exact) mass is 878 g/mol. The number of benzene rings is 1. The van der Waals surface area contributed by atoms with Gasteiger partial charge in [0.05, 0.1) is 30.0 Å². The van der Waals surface area contributed by atoms with Crippen LogP contribution in [-0.4, -0.2) is 93.8 Å². The van der Waals surface area contributed by atoms with Gasteiger partial charge in [0.25, 0.3) is 0 Å². The minimum atomic E-state index is -5.77. The molecule has 0 saturated carbocycles. The largest absolute Gasteiger partial charge is 0.467 e. The van der Waals surface area contributed by atoms with Crippen molar-refractivity contribution in [3.8, 4) is 0 Å². The van der Waals surface area contributed by atoms with Crippen molar-refractivity contribution in [2.45, 2.75) is 57.7 Å². The number of Topliss-reactive ketones (excluding diaryl/α,β-unsaturated/α-hetero) is 2. The summed E-state index contributed by atoms with van der Waals surface area (Å²) in [7, 11) is 2.18. The highest BCUT2D eigenvalue weighted by Crippen LogP contribution is 2.29. The molecule has 2 aliphatic rings. The van der Waals surface area contributed by atoms with Crippen LogP contribution in [0.3, 0.4) is 0 Å². The Morgan fingerprint density at radius 2 is 1.58 bits per heavy atom. The van der Waals surface area contributed by atoms with E-state index in [0.29, 0.717) is 22.7 Å². The van der Waals surface area contributed by atoms with Gasteiger partial charge in [-0.3, -0.25) is 19.4 Å². The zero-order chi connectivity index (χ0) is 44.4. The number of hydrogen-bond acceptors (Lipinski definition) is 11. The van der Waals surface area contributed by atoms with Crippen LogP contribution in [0.1, 0.15) is 35.3 Å². The molecule has 13 nitrogen and oxygen atoms in total. The standard InChI is InChI=1S/C31H35ClN8O2.C4F6O2.C2HF3O/c1-20-28(9-12-42-20)37-31(41)40-10-7-21(8-11-40)18-39(2)19-24-5-6-25-14-23(24)4-3-22-13-26(16-33-15-22)36-30-34-17-27(32)29(35-25)38-30;5-3(6,7)1(11)2(12)4(8,9)10;3-2(4,5)1-6/h5-6,9,12-17,21H,3-4,7-8,10-11,18-19H2,1-2H3,(H,37,41)(H2,34,35,36,38);;1H. The van der Waals surface area contributed by atoms with Crippen LogP contribution in [0.2, 0.25) is 5.02 Å². The number of urea groups is 1. The Kier molecular flexibility index (Phi) is 15.6. The van der Waals surface area contributed by atoms with E-state index in [4.69, 9.17) is 20.8 Å². The SMILES string of the molecule is Cc1occc1NC(=O)N1CCC(CN(C)Cc2ccc3cc2CCc2cncc(c2)Nc2ncc(Cl)c(n2)N3)CC1.O=C(C(=O)C(F)(F)F)C(F)(F)F.O=CC(F)(F)F. The predicted molar refractivity (Wildman–Crippen MR) is 199 cm³/mol. The van der Waals surface area contributed by atoms with Crippen molar-refractivity contribution in [2.75, 3.05) is 42.6 Å². The number of pyridine rings is 1. The summed E-state index contributed by atoms with van der Waals surface area (Å²) >= 11 is 6.43. The Hall–Kier alpha value is -5.77. The van der Waals surface area contributed by atoms with Crippen molar-refractivity contribution < 1.29 is 63.1 Å². The predicted octanol–water partition coefficient (Wildman–Crippen LogP) is 8.38. The summed E-state index contributed by atoms with van der Waals surface area (Å²) in [6, 6.07) is 10.3. The molecule has 60 heavy (non-hydrogen) atoms. The van der Waals surface area contributed by atoms with Gasteiger partial charge in [0, 0.05) is 44.1 Å². The first-order valence-electron chi connectivity index (χ1n) is 17.7. The molecule has 3 aromatic heterocycles. The lowest BCUT2D eigenvalue weighted by molar-refractivity contribution is -0.193. The number of carbonyl (C=O) groups excluding carboxylic acids is 4. The van der Waals surface area contributed by atoms with Crippen LogP contribution >= 0.6 is 11.6 Å². The summed E-state index contributed by atoms with van der Waals surface area (Å²) in [4.78, 5) is 58.3. The van der Waals surface area contributed by atoms with E-state index >= 15 is 0 Å². The molecule has 0 aliphatic carbocycles. The number of anilines is 5. The van der Waals surface area contributed by atoms with Crippen molar-refractivity contribution in [1.82, 2.24) is 24.8 Å². The van der Waals surface area contributed by atoms with Crippen molar-refractivity contribution in [3.63, 3.8) is 0 Å². The second-order valence-electron chi connectivity index (χ2n) is 13.5. The first-order chi connectivity index (χ1) is 28.0. The van der Waals surface area contributed by atoms with Crippen LogP contribution in [0, 0.1) is 12.8 Å². The Bertz CT molecular complexity index is 2110. The molecule has 0 radical (unpaired) electrons. The number of amides is 2. The fraction of sp³-hybridized carbons (Fsp3) is 0.378. The van der Waals surface area contributed by atoms with Crippen LogP contribution in [0.5, 0.6) is 0 Å². The molecular weight excluding hydrogens is 843 g/mol. The van der Waals surface area contributed by atoms with Crippen LogP contribution < -0.4 is 16.0 Å². The lowest BCUT2D eigenvalue weighted by Crippen LogP contribution is -2.43. The highest BCUT2D eigenvalue weighted by molar-refractivity contribution is 6.41. The third-order valence-corrected chi connectivity index (χ3v) is 9.09. The molecule has 23 heteroatoms. The lowest BCUT2D eigenvalue weighted by atomic mass is 9.95. The number of halogens is 10. The van der Waals surface area contributed by atoms with E-state index in [0.717, 1.165) is 80.2 Å². The second kappa shape index (κ2) is 20.0. The van der Waals surface area contributed by atoms with Crippen LogP contribution in [0.25, 0.3) is 0 Å². The Balaban J connectivity index is 0.000000370. The normalized spacial score (nSPS) is 14.3. The number of aldehydes is 1. The number of likely N-dealkylation sites (tertiary alicyclic amines) is 1. The maximum atomic E-state index is 12.7. The molecular formula is C37H36ClF9N8O5. The minimum absolute atomic E-state index is 0.0593. The van der Waals surface area contributed by atoms with Gasteiger partial charge in [-0.15, -0.1) is 0 Å². The molecule has 0 spiro atoms. The van der Waals surface area contributed by atoms with E-state index in [1.54, 1.807) is 24.7 Å². The molecule has 5 heterocycles. The van der Waals surface area contributed by atoms with Gasteiger partial charge >= 0.3 is 36.1 Å². The van der Waals surface area contributed by atoms with Crippen molar-refractivity contribution in [1.29, 1.82) is 0 Å². The number of alkyl halides is 9. The van der Waals surface area contributed by atoms with E-state index in [1.165, 1.54) is 11.1 Å². The van der Waals surface area contributed by atoms with E-state index in [9.17, 15) is 53.9 Å². The second-order valence-corrected chi connectivity index (χ2v) is 13.9. The molecule has 2 aliphatic heterocycles. The molecule has 1 saturated heterocycles. The van der Waals surface area contributed by atoms with Gasteiger partial charge in [0.15, 0.2) is 5.82 Å². The van der Waals surface area contributed by atoms with Crippen molar-refractivity contribution >= 4 is 64.3 Å². The van der Waals surface area contributed by atoms with Gasteiger partial charge in [0.2, 0.25) is 12.2 Å². The molecule has 1 fully saturated rings. The third kappa shape index (κ3) is 14.2. The Morgan fingerprint density at radius 1 is 0.933 bits per heavy atom. The molecule has 0 unspecified atom stereocenters. The van der Waals surface area contributed by atoms with Crippen LogP contribution in [-0.2, 0) is 33.8 Å². The number of aromatic nitrogens is 3. The van der Waals surface area contributed by atoms with Crippen LogP contribution in [0.15, 0.2) is 59.6 Å². The van der Waals surface area contributed by atoms with Gasteiger partial charge in [0.1, 0.15) is 10.8 Å². The first kappa shape index (κ1) is 46.9. The van der Waals surface area contributed by atoms with E-state index < -0.39 is 36.4 Å². The van der Waals surface area contributed by atoms with Gasteiger partial charge in [-0.2, -0.15) is 44.5 Å². The van der Waals surface area contributed by atoms with E-state index in [-0.39, 0.29) is 6.03 Å². The Morgan fingerprint density at radius 3 is 2.17 bits per heavy atom. The molecule has 6 rings (SSSR count). The summed E-state index contributed by atoms with van der Waals surface area (Å²) in [6.45, 7) is 5.17. The molecule has 6 bridgehead atoms. The highest BCUT2D eigenvalue weighted by atomic mass is 35.5. The number of carbonyl (C=O) groups is 4. The smallest absolute Gasteiger partial charge is 0.458 e. The summed E-state index contributed by atoms with van der Waals surface area (Å²) < 4.78 is 104. The van der Waals surface area contributed by atoms with Gasteiger partial charge in [-0.05, 0) is 80.5 Å². The summed E-state index contributed by atoms with van der Waals surface area (Å²) in [5.74, 6) is -4.55. The number of fused-ring (bicyclic) bond motifs is 6. The van der Waals surface area contributed by atoms with Crippen LogP contribution in [0.4, 0.5) is 73.1 Å². The molecule has 4 aromatic rings. The maximum Gasteiger partial charge on any atom is 0.458 e. The molecule has 1 aromatic carbocycles. The fourth-order valence-corrected chi connectivity index (χ4v) is 6.06. The number of nitrogens with one attached hydrogen (secondary N) is 3. The van der Waals surface area contributed by atoms with Gasteiger partial charge in [-0.1, -0.05) is 17.7 Å². The quantitative estimate of drug-likeness (QED) is 0.0969. The maximum absolute atomic E-state index is 12.7. The van der Waals surface area contributed by atoms with E-state index in [1.807, 2.05) is 18.0 Å². The van der Waals surface area contributed by atoms with Crippen molar-refractivity contribution in [2.24, 2.45) is 5.92 Å². The zero-order valence-corrected chi connectivity index (χ0v) is 32.3. The molecule has 0 atom stereocenters. The molecule has 3 N–H and O–H groups in total. The summed E-state index contributed by atoms with van der Waals surface area (Å²) in [5, 5.41) is 10.0. The lowest BCUT2D eigenvalue weighted by Gasteiger charge is -2.34. The Labute approximate surface area is 340 Å².